The van der Waals surface area contributed by atoms with Crippen LogP contribution in [0.1, 0.15) is 40.0 Å². The molecule has 0 aromatic rings. The minimum absolute atomic E-state index is 0.745. The van der Waals surface area contributed by atoms with Gasteiger partial charge < -0.3 is 0 Å². The van der Waals surface area contributed by atoms with E-state index in [9.17, 15) is 0 Å². The first-order valence-corrected chi connectivity index (χ1v) is 5.75. The second kappa shape index (κ2) is 6.99. The molecule has 0 fully saturated rings. The van der Waals surface area contributed by atoms with E-state index in [2.05, 4.69) is 31.3 Å². The molecule has 0 aliphatic rings. The summed E-state index contributed by atoms with van der Waals surface area (Å²) in [7, 11) is 0. The van der Waals surface area contributed by atoms with Crippen LogP contribution in [0.2, 0.25) is 0 Å². The second-order valence-electron chi connectivity index (χ2n) is 2.96. The van der Waals surface area contributed by atoms with Gasteiger partial charge in [-0.2, -0.15) is 0 Å². The van der Waals surface area contributed by atoms with Crippen molar-refractivity contribution in [1.82, 2.24) is 4.31 Å². The maximum Gasteiger partial charge on any atom is 0.0174 e. The van der Waals surface area contributed by atoms with Crippen molar-refractivity contribution in [3.8, 4) is 0 Å². The van der Waals surface area contributed by atoms with Gasteiger partial charge in [0, 0.05) is 12.6 Å². The van der Waals surface area contributed by atoms with Gasteiger partial charge in [0.2, 0.25) is 0 Å². The van der Waals surface area contributed by atoms with Gasteiger partial charge in [-0.3, -0.25) is 0 Å². The lowest BCUT2D eigenvalue weighted by atomic mass is 10.2. The summed E-state index contributed by atoms with van der Waals surface area (Å²) in [4.78, 5) is 0. The van der Waals surface area contributed by atoms with E-state index in [1.807, 2.05) is 11.9 Å². The molecule has 0 saturated carbocycles. The monoisotopic (exact) mass is 175 g/mol. The molecule has 1 nitrogen and oxygen atoms in total. The number of hydrogen-bond donors (Lipinski definition) is 0. The van der Waals surface area contributed by atoms with E-state index in [1.54, 1.807) is 0 Å². The van der Waals surface area contributed by atoms with E-state index in [-0.39, 0.29) is 0 Å². The predicted octanol–water partition coefficient (Wildman–Crippen LogP) is 3.17. The van der Waals surface area contributed by atoms with Crippen molar-refractivity contribution in [2.45, 2.75) is 46.1 Å². The SMILES string of the molecule is CCCC(C)N(CCC)SC. The highest BCUT2D eigenvalue weighted by atomic mass is 32.2. The van der Waals surface area contributed by atoms with Crippen molar-refractivity contribution < 1.29 is 0 Å². The van der Waals surface area contributed by atoms with Crippen LogP contribution in [0.25, 0.3) is 0 Å². The largest absolute Gasteiger partial charge is 0.248 e. The topological polar surface area (TPSA) is 3.24 Å². The van der Waals surface area contributed by atoms with E-state index in [4.69, 9.17) is 0 Å². The Kier molecular flexibility index (Phi) is 7.18. The van der Waals surface area contributed by atoms with Gasteiger partial charge in [0.15, 0.2) is 0 Å². The molecular weight excluding hydrogens is 154 g/mol. The summed E-state index contributed by atoms with van der Waals surface area (Å²) in [5.74, 6) is 0. The molecule has 0 bridgehead atoms. The third-order valence-electron chi connectivity index (χ3n) is 1.88. The van der Waals surface area contributed by atoms with Gasteiger partial charge >= 0.3 is 0 Å². The maximum absolute atomic E-state index is 2.48. The van der Waals surface area contributed by atoms with E-state index < -0.39 is 0 Å². The molecule has 0 amide bonds. The van der Waals surface area contributed by atoms with Crippen LogP contribution in [0.4, 0.5) is 0 Å². The predicted molar refractivity (Wildman–Crippen MR) is 54.9 cm³/mol. The Balaban J connectivity index is 3.61. The lowest BCUT2D eigenvalue weighted by Gasteiger charge is -2.25. The highest BCUT2D eigenvalue weighted by Gasteiger charge is 2.09. The van der Waals surface area contributed by atoms with E-state index in [1.165, 1.54) is 25.8 Å². The van der Waals surface area contributed by atoms with Gasteiger partial charge in [-0.25, -0.2) is 4.31 Å². The van der Waals surface area contributed by atoms with Crippen LogP contribution in [-0.2, 0) is 0 Å². The van der Waals surface area contributed by atoms with Gasteiger partial charge in [-0.1, -0.05) is 32.2 Å². The van der Waals surface area contributed by atoms with Crippen LogP contribution < -0.4 is 0 Å². The Labute approximate surface area is 75.7 Å². The summed E-state index contributed by atoms with van der Waals surface area (Å²) >= 11 is 1.88. The smallest absolute Gasteiger partial charge is 0.0174 e. The Bertz CT molecular complexity index is 85.6. The first-order chi connectivity index (χ1) is 5.26. The van der Waals surface area contributed by atoms with Crippen molar-refractivity contribution >= 4 is 11.9 Å². The molecule has 0 rings (SSSR count). The molecular formula is C9H21NS. The van der Waals surface area contributed by atoms with Crippen molar-refractivity contribution in [2.75, 3.05) is 12.8 Å². The van der Waals surface area contributed by atoms with Gasteiger partial charge in [-0.15, -0.1) is 0 Å². The molecule has 0 spiro atoms. The normalized spacial score (nSPS) is 13.9. The highest BCUT2D eigenvalue weighted by Crippen LogP contribution is 2.14. The third-order valence-corrected chi connectivity index (χ3v) is 2.89. The summed E-state index contributed by atoms with van der Waals surface area (Å²) in [6.45, 7) is 8.03. The Morgan fingerprint density at radius 3 is 2.27 bits per heavy atom. The van der Waals surface area contributed by atoms with Crippen LogP contribution in [0.15, 0.2) is 0 Å². The minimum Gasteiger partial charge on any atom is -0.248 e. The zero-order chi connectivity index (χ0) is 8.69. The van der Waals surface area contributed by atoms with Crippen LogP contribution in [-0.4, -0.2) is 23.1 Å². The van der Waals surface area contributed by atoms with Gasteiger partial charge in [-0.05, 0) is 26.0 Å². The van der Waals surface area contributed by atoms with Crippen LogP contribution in [0, 0.1) is 0 Å². The van der Waals surface area contributed by atoms with Gasteiger partial charge in [0.05, 0.1) is 0 Å². The lowest BCUT2D eigenvalue weighted by molar-refractivity contribution is 0.354. The molecule has 0 saturated heterocycles. The molecule has 0 aliphatic heterocycles. The van der Waals surface area contributed by atoms with E-state index in [0.29, 0.717) is 0 Å². The summed E-state index contributed by atoms with van der Waals surface area (Å²) in [5, 5.41) is 0. The molecule has 1 atom stereocenters. The second-order valence-corrected chi connectivity index (χ2v) is 3.80. The molecule has 0 radical (unpaired) electrons. The lowest BCUT2D eigenvalue weighted by Crippen LogP contribution is -2.26. The van der Waals surface area contributed by atoms with E-state index >= 15 is 0 Å². The average molecular weight is 175 g/mol. The molecule has 0 aromatic carbocycles. The molecule has 0 N–H and O–H groups in total. The maximum atomic E-state index is 2.48. The fourth-order valence-corrected chi connectivity index (χ4v) is 2.10. The minimum atomic E-state index is 0.745. The van der Waals surface area contributed by atoms with E-state index in [0.717, 1.165) is 6.04 Å². The highest BCUT2D eigenvalue weighted by molar-refractivity contribution is 7.96. The third kappa shape index (κ3) is 4.70. The molecule has 0 heterocycles. The summed E-state index contributed by atoms with van der Waals surface area (Å²) in [6.07, 6.45) is 6.04. The van der Waals surface area contributed by atoms with Crippen LogP contribution >= 0.6 is 11.9 Å². The number of hydrogen-bond acceptors (Lipinski definition) is 2. The summed E-state index contributed by atoms with van der Waals surface area (Å²) in [5.41, 5.74) is 0. The summed E-state index contributed by atoms with van der Waals surface area (Å²) < 4.78 is 2.48. The molecule has 68 valence electrons. The zero-order valence-corrected chi connectivity index (χ0v) is 9.08. The van der Waals surface area contributed by atoms with Crippen LogP contribution in [0.3, 0.4) is 0 Å². The fourth-order valence-electron chi connectivity index (χ4n) is 1.27. The van der Waals surface area contributed by atoms with Crippen molar-refractivity contribution in [1.29, 1.82) is 0 Å². The number of nitrogens with zero attached hydrogens (tertiary/aromatic N) is 1. The Morgan fingerprint density at radius 1 is 1.27 bits per heavy atom. The van der Waals surface area contributed by atoms with Crippen molar-refractivity contribution in [3.05, 3.63) is 0 Å². The molecule has 2 heteroatoms. The average Bonchev–Trinajstić information content (AvgIpc) is 2.00. The molecule has 0 aromatic heterocycles. The summed E-state index contributed by atoms with van der Waals surface area (Å²) in [6, 6.07) is 0.745. The Hall–Kier alpha value is 0.310. The van der Waals surface area contributed by atoms with Crippen molar-refractivity contribution in [2.24, 2.45) is 0 Å². The standard InChI is InChI=1S/C9H21NS/c1-5-7-9(3)10(11-4)8-6-2/h9H,5-8H2,1-4H3. The number of rotatable bonds is 6. The molecule has 1 unspecified atom stereocenters. The Morgan fingerprint density at radius 2 is 1.91 bits per heavy atom. The van der Waals surface area contributed by atoms with Crippen molar-refractivity contribution in [3.63, 3.8) is 0 Å². The first kappa shape index (κ1) is 11.3. The molecule has 11 heavy (non-hydrogen) atoms. The molecule has 0 aliphatic carbocycles. The zero-order valence-electron chi connectivity index (χ0n) is 8.26. The quantitative estimate of drug-likeness (QED) is 0.570. The van der Waals surface area contributed by atoms with Gasteiger partial charge in [0.1, 0.15) is 0 Å². The van der Waals surface area contributed by atoms with Gasteiger partial charge in [0.25, 0.3) is 0 Å². The fraction of sp³-hybridized carbons (Fsp3) is 1.00. The van der Waals surface area contributed by atoms with Crippen LogP contribution in [0.5, 0.6) is 0 Å². The first-order valence-electron chi connectivity index (χ1n) is 4.57.